The van der Waals surface area contributed by atoms with Gasteiger partial charge in [0.1, 0.15) is 0 Å². The number of unbranched alkanes of at least 4 members (excludes halogenated alkanes) is 18. The van der Waals surface area contributed by atoms with E-state index in [9.17, 15) is 0 Å². The van der Waals surface area contributed by atoms with E-state index in [1.165, 1.54) is 128 Å². The Bertz CT molecular complexity index is 558. The van der Waals surface area contributed by atoms with Crippen LogP contribution in [0.25, 0.3) is 0 Å². The molecule has 0 aliphatic heterocycles. The molecule has 0 unspecified atom stereocenters. The molecule has 0 aliphatic carbocycles. The molecule has 0 heterocycles. The lowest BCUT2D eigenvalue weighted by Gasteiger charge is -2.26. The Hall–Kier alpha value is -0.110. The molecule has 0 radical (unpaired) electrons. The maximum absolute atomic E-state index is 6.35. The van der Waals surface area contributed by atoms with Crippen LogP contribution in [-0.4, -0.2) is 13.1 Å². The van der Waals surface area contributed by atoms with Crippen LogP contribution in [-0.2, 0) is 0 Å². The summed E-state index contributed by atoms with van der Waals surface area (Å²) in [5.74, 6) is 0. The van der Waals surface area contributed by atoms with E-state index in [0.29, 0.717) is 15.1 Å². The maximum atomic E-state index is 6.35. The Kier molecular flexibility index (Phi) is 20.8. The second-order valence-corrected chi connectivity index (χ2v) is 11.3. The molecule has 0 saturated heterocycles. The number of benzene rings is 1. The van der Waals surface area contributed by atoms with Gasteiger partial charge in [-0.1, -0.05) is 164 Å². The minimum absolute atomic E-state index is 0.463. The molecule has 4 heteroatoms. The van der Waals surface area contributed by atoms with Crippen LogP contribution in [0.4, 0.5) is 5.69 Å². The average Bonchev–Trinajstić information content (AvgIpc) is 2.83. The summed E-state index contributed by atoms with van der Waals surface area (Å²) in [5, 5.41) is 1.57. The molecular formula is C30H52Cl3N. The first-order valence-corrected chi connectivity index (χ1v) is 15.6. The summed E-state index contributed by atoms with van der Waals surface area (Å²) in [6.45, 7) is 6.71. The maximum Gasteiger partial charge on any atom is 0.0780 e. The van der Waals surface area contributed by atoms with Gasteiger partial charge in [0.2, 0.25) is 0 Å². The zero-order valence-corrected chi connectivity index (χ0v) is 24.6. The first-order chi connectivity index (χ1) is 16.6. The van der Waals surface area contributed by atoms with Crippen molar-refractivity contribution in [2.45, 2.75) is 142 Å². The number of anilines is 1. The van der Waals surface area contributed by atoms with Gasteiger partial charge in [0.15, 0.2) is 0 Å². The van der Waals surface area contributed by atoms with Crippen LogP contribution < -0.4 is 4.90 Å². The molecule has 1 rings (SSSR count). The lowest BCUT2D eigenvalue weighted by atomic mass is 10.1. The van der Waals surface area contributed by atoms with Gasteiger partial charge >= 0.3 is 0 Å². The Labute approximate surface area is 227 Å². The van der Waals surface area contributed by atoms with Crippen LogP contribution in [0.5, 0.6) is 0 Å². The highest BCUT2D eigenvalue weighted by atomic mass is 35.5. The normalized spacial score (nSPS) is 11.3. The van der Waals surface area contributed by atoms with E-state index in [4.69, 9.17) is 34.8 Å². The van der Waals surface area contributed by atoms with E-state index < -0.39 is 0 Å². The van der Waals surface area contributed by atoms with Gasteiger partial charge in [-0.2, -0.15) is 0 Å². The fourth-order valence-electron chi connectivity index (χ4n) is 4.67. The van der Waals surface area contributed by atoms with Crippen molar-refractivity contribution in [3.63, 3.8) is 0 Å². The lowest BCUT2D eigenvalue weighted by molar-refractivity contribution is 0.543. The van der Waals surface area contributed by atoms with Crippen molar-refractivity contribution in [1.29, 1.82) is 0 Å². The molecular weight excluding hydrogens is 481 g/mol. The molecule has 34 heavy (non-hydrogen) atoms. The molecule has 0 N–H and O–H groups in total. The average molecular weight is 533 g/mol. The quantitative estimate of drug-likeness (QED) is 0.1000. The highest BCUT2D eigenvalue weighted by Crippen LogP contribution is 2.35. The van der Waals surface area contributed by atoms with Gasteiger partial charge in [-0.3, -0.25) is 0 Å². The molecule has 0 spiro atoms. The second-order valence-electron chi connectivity index (χ2n) is 10.1. The highest BCUT2D eigenvalue weighted by Gasteiger charge is 2.12. The predicted octanol–water partition coefficient (Wildman–Crippen LogP) is 12.3. The first-order valence-electron chi connectivity index (χ1n) is 14.5. The second kappa shape index (κ2) is 22.1. The topological polar surface area (TPSA) is 3.24 Å². The molecule has 1 aromatic carbocycles. The first kappa shape index (κ1) is 31.9. The van der Waals surface area contributed by atoms with Crippen LogP contribution in [0.2, 0.25) is 15.1 Å². The number of hydrogen-bond donors (Lipinski definition) is 0. The van der Waals surface area contributed by atoms with Crippen LogP contribution >= 0.6 is 34.8 Å². The molecule has 0 saturated carbocycles. The van der Waals surface area contributed by atoms with Gasteiger partial charge in [0.25, 0.3) is 0 Å². The standard InChI is InChI=1S/C30H52Cl3N/c1-3-5-7-9-11-13-15-17-19-21-23-34(27-25-28(31)30(33)29(32)26-27)24-22-20-18-16-14-12-10-8-6-4-2/h25-26H,3-24H2,1-2H3. The fourth-order valence-corrected chi connectivity index (χ4v) is 5.26. The molecule has 0 aromatic heterocycles. The van der Waals surface area contributed by atoms with E-state index in [-0.39, 0.29) is 0 Å². The van der Waals surface area contributed by atoms with E-state index in [2.05, 4.69) is 18.7 Å². The van der Waals surface area contributed by atoms with E-state index >= 15 is 0 Å². The Morgan fingerprint density at radius 1 is 0.471 bits per heavy atom. The summed E-state index contributed by atoms with van der Waals surface area (Å²) >= 11 is 18.9. The van der Waals surface area contributed by atoms with Gasteiger partial charge in [0, 0.05) is 18.8 Å². The van der Waals surface area contributed by atoms with E-state index in [1.54, 1.807) is 0 Å². The summed E-state index contributed by atoms with van der Waals surface area (Å²) in [4.78, 5) is 2.48. The van der Waals surface area contributed by atoms with Crippen molar-refractivity contribution < 1.29 is 0 Å². The zero-order chi connectivity index (χ0) is 24.9. The van der Waals surface area contributed by atoms with Crippen molar-refractivity contribution >= 4 is 40.5 Å². The van der Waals surface area contributed by atoms with Crippen molar-refractivity contribution in [1.82, 2.24) is 0 Å². The third-order valence-corrected chi connectivity index (χ3v) is 8.09. The van der Waals surface area contributed by atoms with Crippen LogP contribution in [0, 0.1) is 0 Å². The van der Waals surface area contributed by atoms with Gasteiger partial charge < -0.3 is 4.90 Å². The zero-order valence-electron chi connectivity index (χ0n) is 22.3. The minimum Gasteiger partial charge on any atom is -0.371 e. The minimum atomic E-state index is 0.463. The molecule has 0 aliphatic rings. The van der Waals surface area contributed by atoms with Crippen molar-refractivity contribution in [2.24, 2.45) is 0 Å². The lowest BCUT2D eigenvalue weighted by Crippen LogP contribution is -2.25. The van der Waals surface area contributed by atoms with Crippen molar-refractivity contribution in [3.05, 3.63) is 27.2 Å². The third kappa shape index (κ3) is 15.8. The summed E-state index contributed by atoms with van der Waals surface area (Å²) in [5.41, 5.74) is 1.12. The van der Waals surface area contributed by atoms with Crippen LogP contribution in [0.3, 0.4) is 0 Å². The molecule has 198 valence electrons. The molecule has 1 aromatic rings. The summed E-state index contributed by atoms with van der Waals surface area (Å²) in [6.07, 6.45) is 27.2. The number of rotatable bonds is 23. The summed E-state index contributed by atoms with van der Waals surface area (Å²) < 4.78 is 0. The summed E-state index contributed by atoms with van der Waals surface area (Å²) in [7, 11) is 0. The Morgan fingerprint density at radius 3 is 1.09 bits per heavy atom. The smallest absolute Gasteiger partial charge is 0.0780 e. The number of halogens is 3. The molecule has 0 fully saturated rings. The predicted molar refractivity (Wildman–Crippen MR) is 157 cm³/mol. The third-order valence-electron chi connectivity index (χ3n) is 6.90. The fraction of sp³-hybridized carbons (Fsp3) is 0.800. The van der Waals surface area contributed by atoms with Gasteiger partial charge in [-0.25, -0.2) is 0 Å². The van der Waals surface area contributed by atoms with Gasteiger partial charge in [0.05, 0.1) is 15.1 Å². The largest absolute Gasteiger partial charge is 0.371 e. The Balaban J connectivity index is 2.32. The highest BCUT2D eigenvalue weighted by molar-refractivity contribution is 6.48. The number of hydrogen-bond acceptors (Lipinski definition) is 1. The molecule has 0 atom stereocenters. The van der Waals surface area contributed by atoms with Crippen LogP contribution in [0.15, 0.2) is 12.1 Å². The Morgan fingerprint density at radius 2 is 0.765 bits per heavy atom. The van der Waals surface area contributed by atoms with Crippen molar-refractivity contribution in [2.75, 3.05) is 18.0 Å². The molecule has 0 bridgehead atoms. The molecule has 1 nitrogen and oxygen atoms in total. The van der Waals surface area contributed by atoms with E-state index in [0.717, 1.165) is 18.8 Å². The van der Waals surface area contributed by atoms with E-state index in [1.807, 2.05) is 12.1 Å². The number of nitrogens with zero attached hydrogens (tertiary/aromatic N) is 1. The SMILES string of the molecule is CCCCCCCCCCCCN(CCCCCCCCCCCC)c1cc(Cl)c(Cl)c(Cl)c1. The summed E-state index contributed by atoms with van der Waals surface area (Å²) in [6, 6.07) is 3.98. The van der Waals surface area contributed by atoms with Crippen LogP contribution in [0.1, 0.15) is 142 Å². The monoisotopic (exact) mass is 531 g/mol. The van der Waals surface area contributed by atoms with Crippen molar-refractivity contribution in [3.8, 4) is 0 Å². The van der Waals surface area contributed by atoms with Gasteiger partial charge in [-0.05, 0) is 25.0 Å². The molecule has 0 amide bonds. The van der Waals surface area contributed by atoms with Gasteiger partial charge in [-0.15, -0.1) is 0 Å².